The van der Waals surface area contributed by atoms with E-state index in [0.29, 0.717) is 5.92 Å². The van der Waals surface area contributed by atoms with Crippen LogP contribution in [0, 0.1) is 11.8 Å². The normalized spacial score (nSPS) is 31.7. The van der Waals surface area contributed by atoms with Gasteiger partial charge in [-0.1, -0.05) is 6.42 Å². The molecule has 0 bridgehead atoms. The summed E-state index contributed by atoms with van der Waals surface area (Å²) >= 11 is 0. The van der Waals surface area contributed by atoms with E-state index in [2.05, 4.69) is 15.5 Å². The minimum absolute atomic E-state index is 0.610. The first-order chi connectivity index (χ1) is 7.90. The maximum atomic E-state index is 5.74. The molecule has 0 saturated heterocycles. The Labute approximate surface area is 95.8 Å². The molecule has 0 aliphatic heterocycles. The van der Waals surface area contributed by atoms with Gasteiger partial charge < -0.3 is 9.73 Å². The minimum Gasteiger partial charge on any atom is -0.425 e. The molecule has 1 aromatic heterocycles. The molecule has 16 heavy (non-hydrogen) atoms. The van der Waals surface area contributed by atoms with E-state index >= 15 is 0 Å². The van der Waals surface area contributed by atoms with Gasteiger partial charge in [0.05, 0.1) is 0 Å². The van der Waals surface area contributed by atoms with Crippen LogP contribution in [0.3, 0.4) is 0 Å². The monoisotopic (exact) mass is 221 g/mol. The minimum atomic E-state index is 0.610. The third-order valence-electron chi connectivity index (χ3n) is 3.99. The van der Waals surface area contributed by atoms with Crippen LogP contribution in [-0.4, -0.2) is 23.8 Å². The lowest BCUT2D eigenvalue weighted by Crippen LogP contribution is -2.08. The van der Waals surface area contributed by atoms with Gasteiger partial charge >= 0.3 is 0 Å². The van der Waals surface area contributed by atoms with Crippen LogP contribution in [0.2, 0.25) is 0 Å². The molecule has 2 saturated carbocycles. The highest BCUT2D eigenvalue weighted by Crippen LogP contribution is 2.62. The van der Waals surface area contributed by atoms with Gasteiger partial charge in [-0.15, -0.1) is 10.2 Å². The quantitative estimate of drug-likeness (QED) is 0.769. The van der Waals surface area contributed by atoms with E-state index in [1.807, 2.05) is 7.05 Å². The van der Waals surface area contributed by atoms with Crippen molar-refractivity contribution in [3.05, 3.63) is 11.8 Å². The molecule has 2 aliphatic rings. The molecule has 2 unspecified atom stereocenters. The van der Waals surface area contributed by atoms with E-state index in [-0.39, 0.29) is 0 Å². The van der Waals surface area contributed by atoms with E-state index in [9.17, 15) is 0 Å². The molecule has 1 aromatic rings. The largest absolute Gasteiger partial charge is 0.425 e. The number of nitrogens with one attached hydrogen (secondary N) is 1. The third-order valence-corrected chi connectivity index (χ3v) is 3.99. The van der Waals surface area contributed by atoms with Crippen LogP contribution in [0.5, 0.6) is 0 Å². The highest BCUT2D eigenvalue weighted by atomic mass is 16.4. The molecule has 1 heterocycles. The van der Waals surface area contributed by atoms with Crippen molar-refractivity contribution >= 4 is 0 Å². The number of nitrogens with zero attached hydrogens (tertiary/aromatic N) is 2. The number of hydrogen-bond donors (Lipinski definition) is 1. The fourth-order valence-corrected chi connectivity index (χ4v) is 3.11. The summed E-state index contributed by atoms with van der Waals surface area (Å²) in [5.41, 5.74) is 0. The zero-order valence-corrected chi connectivity index (χ0v) is 9.78. The maximum absolute atomic E-state index is 5.74. The zero-order valence-electron chi connectivity index (χ0n) is 9.78. The summed E-state index contributed by atoms with van der Waals surface area (Å²) < 4.78 is 5.74. The van der Waals surface area contributed by atoms with Crippen LogP contribution < -0.4 is 5.32 Å². The molecule has 3 rings (SSSR count). The smallest absolute Gasteiger partial charge is 0.220 e. The molecule has 0 amide bonds. The van der Waals surface area contributed by atoms with Gasteiger partial charge in [-0.05, 0) is 44.7 Å². The number of aryl methyl sites for hydroxylation is 1. The van der Waals surface area contributed by atoms with Gasteiger partial charge in [0.2, 0.25) is 11.8 Å². The lowest BCUT2D eigenvalue weighted by Gasteiger charge is -1.96. The molecular weight excluding hydrogens is 202 g/mol. The average Bonchev–Trinajstić information content (AvgIpc) is 2.75. The van der Waals surface area contributed by atoms with E-state index in [4.69, 9.17) is 4.42 Å². The molecule has 88 valence electrons. The van der Waals surface area contributed by atoms with Crippen molar-refractivity contribution in [2.75, 3.05) is 13.6 Å². The van der Waals surface area contributed by atoms with Gasteiger partial charge in [0, 0.05) is 12.3 Å². The first-order valence-electron chi connectivity index (χ1n) is 6.37. The summed E-state index contributed by atoms with van der Waals surface area (Å²) in [5, 5.41) is 11.5. The molecule has 0 spiro atoms. The van der Waals surface area contributed by atoms with Gasteiger partial charge in [-0.3, -0.25) is 0 Å². The lowest BCUT2D eigenvalue weighted by atomic mass is 10.1. The molecular formula is C12H19N3O. The number of aromatic nitrogens is 2. The van der Waals surface area contributed by atoms with Crippen molar-refractivity contribution in [1.29, 1.82) is 0 Å². The molecule has 4 nitrogen and oxygen atoms in total. The van der Waals surface area contributed by atoms with Crippen LogP contribution in [0.15, 0.2) is 4.42 Å². The first kappa shape index (κ1) is 10.3. The van der Waals surface area contributed by atoms with Gasteiger partial charge in [-0.2, -0.15) is 0 Å². The number of fused-ring (bicyclic) bond motifs is 1. The van der Waals surface area contributed by atoms with Crippen LogP contribution in [0.1, 0.15) is 43.4 Å². The van der Waals surface area contributed by atoms with Gasteiger partial charge in [0.15, 0.2) is 0 Å². The third kappa shape index (κ3) is 1.75. The fraction of sp³-hybridized carbons (Fsp3) is 0.833. The van der Waals surface area contributed by atoms with E-state index in [1.54, 1.807) is 0 Å². The Morgan fingerprint density at radius 3 is 2.88 bits per heavy atom. The van der Waals surface area contributed by atoms with Crippen molar-refractivity contribution in [3.63, 3.8) is 0 Å². The molecule has 0 radical (unpaired) electrons. The van der Waals surface area contributed by atoms with Crippen LogP contribution >= 0.6 is 0 Å². The SMILES string of the molecule is CNCCCc1nnc(C2C3CCCC32)o1. The van der Waals surface area contributed by atoms with E-state index in [0.717, 1.165) is 43.0 Å². The van der Waals surface area contributed by atoms with Crippen molar-refractivity contribution < 1.29 is 4.42 Å². The molecule has 2 atom stereocenters. The number of hydrogen-bond acceptors (Lipinski definition) is 4. The Morgan fingerprint density at radius 2 is 2.12 bits per heavy atom. The summed E-state index contributed by atoms with van der Waals surface area (Å²) in [6.45, 7) is 1.01. The second-order valence-electron chi connectivity index (χ2n) is 5.03. The average molecular weight is 221 g/mol. The van der Waals surface area contributed by atoms with Crippen molar-refractivity contribution in [2.45, 2.75) is 38.0 Å². The summed E-state index contributed by atoms with van der Waals surface area (Å²) in [4.78, 5) is 0. The molecule has 1 N–H and O–H groups in total. The Bertz CT molecular complexity index is 353. The summed E-state index contributed by atoms with van der Waals surface area (Å²) in [6, 6.07) is 0. The second-order valence-corrected chi connectivity index (χ2v) is 5.03. The fourth-order valence-electron chi connectivity index (χ4n) is 3.11. The van der Waals surface area contributed by atoms with Gasteiger partial charge in [0.1, 0.15) is 0 Å². The summed E-state index contributed by atoms with van der Waals surface area (Å²) in [6.07, 6.45) is 6.10. The van der Waals surface area contributed by atoms with Crippen molar-refractivity contribution in [1.82, 2.24) is 15.5 Å². The van der Waals surface area contributed by atoms with Crippen LogP contribution in [0.25, 0.3) is 0 Å². The topological polar surface area (TPSA) is 51.0 Å². The molecule has 0 aromatic carbocycles. The molecule has 2 aliphatic carbocycles. The Hall–Kier alpha value is -0.900. The predicted octanol–water partition coefficient (Wildman–Crippen LogP) is 1.74. The predicted molar refractivity (Wildman–Crippen MR) is 60.1 cm³/mol. The maximum Gasteiger partial charge on any atom is 0.220 e. The van der Waals surface area contributed by atoms with E-state index in [1.165, 1.54) is 19.3 Å². The Morgan fingerprint density at radius 1 is 1.31 bits per heavy atom. The standard InChI is InChI=1S/C12H19N3O/c1-13-7-3-6-10-14-15-12(16-10)11-8-4-2-5-9(8)11/h8-9,11,13H,2-7H2,1H3. The van der Waals surface area contributed by atoms with E-state index < -0.39 is 0 Å². The highest BCUT2D eigenvalue weighted by molar-refractivity contribution is 5.15. The zero-order chi connectivity index (χ0) is 11.0. The molecule has 4 heteroatoms. The van der Waals surface area contributed by atoms with Gasteiger partial charge in [-0.25, -0.2) is 0 Å². The Balaban J connectivity index is 1.57. The number of rotatable bonds is 5. The highest BCUT2D eigenvalue weighted by Gasteiger charge is 2.56. The van der Waals surface area contributed by atoms with Crippen molar-refractivity contribution in [3.8, 4) is 0 Å². The van der Waals surface area contributed by atoms with Crippen molar-refractivity contribution in [2.24, 2.45) is 11.8 Å². The lowest BCUT2D eigenvalue weighted by molar-refractivity contribution is 0.428. The first-order valence-corrected chi connectivity index (χ1v) is 6.37. The van der Waals surface area contributed by atoms with Crippen LogP contribution in [-0.2, 0) is 6.42 Å². The summed E-state index contributed by atoms with van der Waals surface area (Å²) in [7, 11) is 1.96. The van der Waals surface area contributed by atoms with Gasteiger partial charge in [0.25, 0.3) is 0 Å². The summed E-state index contributed by atoms with van der Waals surface area (Å²) in [5.74, 6) is 4.07. The van der Waals surface area contributed by atoms with Crippen LogP contribution in [0.4, 0.5) is 0 Å². The second kappa shape index (κ2) is 4.17. The molecule has 2 fully saturated rings. The Kier molecular flexibility index (Phi) is 2.67.